The van der Waals surface area contributed by atoms with E-state index in [-0.39, 0.29) is 5.56 Å². The average Bonchev–Trinajstić information content (AvgIpc) is 2.91. The quantitative estimate of drug-likeness (QED) is 0.193. The first-order chi connectivity index (χ1) is 19.0. The molecule has 4 rings (SSSR count). The number of halogens is 3. The minimum absolute atomic E-state index is 0.279. The molecule has 1 amide bonds. The molecule has 2 aliphatic rings. The second-order valence-corrected chi connectivity index (χ2v) is 10.5. The number of carbonyl (C=O) groups is 2. The summed E-state index contributed by atoms with van der Waals surface area (Å²) in [5.74, 6) is -1.26. The van der Waals surface area contributed by atoms with Crippen molar-refractivity contribution in [2.75, 3.05) is 20.2 Å². The van der Waals surface area contributed by atoms with E-state index in [1.807, 2.05) is 11.0 Å². The van der Waals surface area contributed by atoms with Gasteiger partial charge in [0.25, 0.3) is 5.91 Å². The standard InChI is InChI=1S/C31H35F3N2O4/c1-4-17-36-21-30(39-3)16-9-8-15-29(30,24-13-10-14-25(19-24)40-22(2)37)20-27(36)35-28(38)26(31(32,33)34)18-23-11-6-5-7-12-23/h4-7,10-14,18-19,27H,1,8-9,15-17,20-21H2,2-3H3,(H,35,38)/t27-,29-,30?/m0/s1. The van der Waals surface area contributed by atoms with E-state index in [4.69, 9.17) is 9.47 Å². The molecule has 1 heterocycles. The molecule has 40 heavy (non-hydrogen) atoms. The van der Waals surface area contributed by atoms with Crippen molar-refractivity contribution in [1.82, 2.24) is 10.2 Å². The molecule has 2 aromatic carbocycles. The van der Waals surface area contributed by atoms with Gasteiger partial charge in [-0.15, -0.1) is 6.58 Å². The predicted molar refractivity (Wildman–Crippen MR) is 146 cm³/mol. The van der Waals surface area contributed by atoms with Gasteiger partial charge in [0, 0.05) is 32.5 Å². The van der Waals surface area contributed by atoms with E-state index < -0.39 is 40.8 Å². The number of benzene rings is 2. The molecule has 1 unspecified atom stereocenters. The number of hydrogen-bond donors (Lipinski definition) is 1. The lowest BCUT2D eigenvalue weighted by molar-refractivity contribution is -0.163. The zero-order valence-electron chi connectivity index (χ0n) is 22.8. The Bertz CT molecular complexity index is 1260. The van der Waals surface area contributed by atoms with Crippen molar-refractivity contribution >= 4 is 18.0 Å². The number of nitrogens with zero attached hydrogens (tertiary/aromatic N) is 1. The second kappa shape index (κ2) is 12.0. The Morgan fingerprint density at radius 1 is 1.12 bits per heavy atom. The van der Waals surface area contributed by atoms with Gasteiger partial charge in [-0.3, -0.25) is 14.5 Å². The molecule has 0 spiro atoms. The Labute approximate surface area is 232 Å². The van der Waals surface area contributed by atoms with Crippen molar-refractivity contribution in [2.45, 2.75) is 62.4 Å². The predicted octanol–water partition coefficient (Wildman–Crippen LogP) is 5.79. The van der Waals surface area contributed by atoms with Gasteiger partial charge in [0.05, 0.1) is 11.8 Å². The van der Waals surface area contributed by atoms with E-state index in [0.29, 0.717) is 31.7 Å². The second-order valence-electron chi connectivity index (χ2n) is 10.5. The minimum Gasteiger partial charge on any atom is -0.427 e. The monoisotopic (exact) mass is 556 g/mol. The number of ether oxygens (including phenoxy) is 2. The number of nitrogens with one attached hydrogen (secondary N) is 1. The van der Waals surface area contributed by atoms with Crippen LogP contribution >= 0.6 is 0 Å². The molecule has 6 nitrogen and oxygen atoms in total. The van der Waals surface area contributed by atoms with Crippen LogP contribution in [0.4, 0.5) is 13.2 Å². The molecule has 9 heteroatoms. The highest BCUT2D eigenvalue weighted by molar-refractivity contribution is 5.99. The largest absolute Gasteiger partial charge is 0.427 e. The fourth-order valence-corrected chi connectivity index (χ4v) is 6.35. The molecule has 214 valence electrons. The molecular weight excluding hydrogens is 521 g/mol. The third-order valence-corrected chi connectivity index (χ3v) is 8.11. The van der Waals surface area contributed by atoms with Crippen molar-refractivity contribution in [3.8, 4) is 5.75 Å². The maximum atomic E-state index is 14.1. The number of rotatable bonds is 8. The van der Waals surface area contributed by atoms with E-state index in [9.17, 15) is 22.8 Å². The van der Waals surface area contributed by atoms with Gasteiger partial charge in [0.15, 0.2) is 0 Å². The SMILES string of the molecule is C=CCN1CC2(OC)CCCC[C@@]2(c2cccc(OC(C)=O)c2)C[C@H]1NC(=O)C(=Cc1ccccc1)C(F)(F)F. The molecule has 1 aliphatic heterocycles. The lowest BCUT2D eigenvalue weighted by atomic mass is 9.55. The first-order valence-corrected chi connectivity index (χ1v) is 13.4. The maximum Gasteiger partial charge on any atom is 0.421 e. The minimum atomic E-state index is -4.85. The molecule has 2 aromatic rings. The Hall–Kier alpha value is -3.43. The highest BCUT2D eigenvalue weighted by Crippen LogP contribution is 2.54. The summed E-state index contributed by atoms with van der Waals surface area (Å²) in [5.41, 5.74) is -1.44. The van der Waals surface area contributed by atoms with Gasteiger partial charge in [0.2, 0.25) is 0 Å². The summed E-state index contributed by atoms with van der Waals surface area (Å²) in [4.78, 5) is 26.9. The number of fused-ring (bicyclic) bond motifs is 1. The van der Waals surface area contributed by atoms with E-state index in [2.05, 4.69) is 11.9 Å². The normalized spacial score (nSPS) is 25.5. The van der Waals surface area contributed by atoms with Gasteiger partial charge in [0.1, 0.15) is 11.3 Å². The smallest absolute Gasteiger partial charge is 0.421 e. The van der Waals surface area contributed by atoms with Gasteiger partial charge in [-0.25, -0.2) is 0 Å². The van der Waals surface area contributed by atoms with Crippen LogP contribution < -0.4 is 10.1 Å². The third kappa shape index (κ3) is 6.00. The molecule has 1 N–H and O–H groups in total. The van der Waals surface area contributed by atoms with Crippen LogP contribution in [0.3, 0.4) is 0 Å². The Morgan fingerprint density at radius 3 is 2.50 bits per heavy atom. The Kier molecular flexibility index (Phi) is 8.85. The van der Waals surface area contributed by atoms with E-state index >= 15 is 0 Å². The van der Waals surface area contributed by atoms with Crippen LogP contribution in [0.5, 0.6) is 5.75 Å². The van der Waals surface area contributed by atoms with Crippen LogP contribution in [-0.4, -0.2) is 54.9 Å². The van der Waals surface area contributed by atoms with Gasteiger partial charge < -0.3 is 14.8 Å². The molecule has 2 fully saturated rings. The zero-order valence-corrected chi connectivity index (χ0v) is 22.8. The molecular formula is C31H35F3N2O4. The molecule has 0 radical (unpaired) electrons. The summed E-state index contributed by atoms with van der Waals surface area (Å²) >= 11 is 0. The van der Waals surface area contributed by atoms with Crippen LogP contribution in [0.1, 0.15) is 50.2 Å². The zero-order chi connectivity index (χ0) is 29.0. The van der Waals surface area contributed by atoms with Crippen molar-refractivity contribution in [3.05, 3.63) is 84.0 Å². The molecule has 0 aromatic heterocycles. The summed E-state index contributed by atoms with van der Waals surface area (Å²) in [5, 5.41) is 2.71. The maximum absolute atomic E-state index is 14.1. The number of amides is 1. The summed E-state index contributed by atoms with van der Waals surface area (Å²) in [6.45, 7) is 5.88. The fourth-order valence-electron chi connectivity index (χ4n) is 6.35. The highest BCUT2D eigenvalue weighted by Gasteiger charge is 2.59. The van der Waals surface area contributed by atoms with Gasteiger partial charge >= 0.3 is 12.1 Å². The van der Waals surface area contributed by atoms with Crippen molar-refractivity contribution in [2.24, 2.45) is 0 Å². The number of hydrogen-bond acceptors (Lipinski definition) is 5. The van der Waals surface area contributed by atoms with Crippen molar-refractivity contribution in [3.63, 3.8) is 0 Å². The lowest BCUT2D eigenvalue weighted by Crippen LogP contribution is -2.70. The van der Waals surface area contributed by atoms with Crippen molar-refractivity contribution in [1.29, 1.82) is 0 Å². The van der Waals surface area contributed by atoms with E-state index in [1.165, 1.54) is 19.1 Å². The first kappa shape index (κ1) is 29.6. The van der Waals surface area contributed by atoms with Crippen LogP contribution in [0.15, 0.2) is 72.8 Å². The first-order valence-electron chi connectivity index (χ1n) is 13.4. The molecule has 1 saturated carbocycles. The number of likely N-dealkylation sites (tertiary alicyclic amines) is 1. The van der Waals surface area contributed by atoms with E-state index in [0.717, 1.165) is 30.9 Å². The number of alkyl halides is 3. The third-order valence-electron chi connectivity index (χ3n) is 8.11. The van der Waals surface area contributed by atoms with Crippen LogP contribution in [0.25, 0.3) is 6.08 Å². The topological polar surface area (TPSA) is 67.9 Å². The number of piperidine rings is 1. The van der Waals surface area contributed by atoms with Crippen LogP contribution in [0.2, 0.25) is 0 Å². The highest BCUT2D eigenvalue weighted by atomic mass is 19.4. The summed E-state index contributed by atoms with van der Waals surface area (Å²) in [6, 6.07) is 15.2. The van der Waals surface area contributed by atoms with Gasteiger partial charge in [-0.2, -0.15) is 13.2 Å². The van der Waals surface area contributed by atoms with E-state index in [1.54, 1.807) is 49.6 Å². The number of esters is 1. The van der Waals surface area contributed by atoms with Crippen molar-refractivity contribution < 1.29 is 32.2 Å². The van der Waals surface area contributed by atoms with Gasteiger partial charge in [-0.1, -0.05) is 61.4 Å². The summed E-state index contributed by atoms with van der Waals surface area (Å²) in [7, 11) is 1.66. The number of methoxy groups -OCH3 is 1. The lowest BCUT2D eigenvalue weighted by Gasteiger charge is -2.60. The molecule has 1 saturated heterocycles. The van der Waals surface area contributed by atoms with Crippen LogP contribution in [0, 0.1) is 0 Å². The fraction of sp³-hybridized carbons (Fsp3) is 0.419. The average molecular weight is 557 g/mol. The molecule has 3 atom stereocenters. The van der Waals surface area contributed by atoms with Crippen LogP contribution in [-0.2, 0) is 19.7 Å². The Balaban J connectivity index is 1.75. The Morgan fingerprint density at radius 2 is 1.85 bits per heavy atom. The molecule has 1 aliphatic carbocycles. The molecule has 0 bridgehead atoms. The summed E-state index contributed by atoms with van der Waals surface area (Å²) in [6.07, 6.45) is 0.504. The number of carbonyl (C=O) groups excluding carboxylic acids is 2. The summed E-state index contributed by atoms with van der Waals surface area (Å²) < 4.78 is 54.0. The van der Waals surface area contributed by atoms with Gasteiger partial charge in [-0.05, 0) is 48.6 Å².